The van der Waals surface area contributed by atoms with E-state index in [0.29, 0.717) is 31.2 Å². The number of carbonyl (C=O) groups is 1. The van der Waals surface area contributed by atoms with Crippen LogP contribution in [0.1, 0.15) is 28.8 Å². The van der Waals surface area contributed by atoms with Crippen LogP contribution in [-0.4, -0.2) is 28.7 Å². The fourth-order valence-electron chi connectivity index (χ4n) is 4.78. The van der Waals surface area contributed by atoms with Gasteiger partial charge in [-0.2, -0.15) is 0 Å². The standard InChI is InChI=1S/C30H28ClFN4O3/c1-18-2-4-20(5-3-18)23-16-36(15-19-9-12-39-13-10-19)17-24(28(23)37)30(38)35-21-6-7-22(26(32)14-21)27-25(31)8-11-34-29(27)33/h2-8,11,14,16-17,19H,9-10,12-13,15H2,1H3,(H2,33,34)(H,35,38). The topological polar surface area (TPSA) is 99.2 Å². The molecular formula is C30H28ClFN4O3. The molecule has 1 fully saturated rings. The number of aromatic nitrogens is 2. The number of nitrogens with one attached hydrogen (secondary N) is 1. The van der Waals surface area contributed by atoms with Gasteiger partial charge in [-0.1, -0.05) is 41.4 Å². The highest BCUT2D eigenvalue weighted by molar-refractivity contribution is 6.33. The van der Waals surface area contributed by atoms with E-state index in [9.17, 15) is 9.59 Å². The second kappa shape index (κ2) is 11.4. The Bertz CT molecular complexity index is 1560. The third-order valence-electron chi connectivity index (χ3n) is 6.92. The second-order valence-corrected chi connectivity index (χ2v) is 10.1. The van der Waals surface area contributed by atoms with Crippen molar-refractivity contribution in [3.05, 3.63) is 99.3 Å². The summed E-state index contributed by atoms with van der Waals surface area (Å²) in [7, 11) is 0. The van der Waals surface area contributed by atoms with Crippen molar-refractivity contribution in [2.45, 2.75) is 26.3 Å². The monoisotopic (exact) mass is 546 g/mol. The average Bonchev–Trinajstić information content (AvgIpc) is 2.91. The van der Waals surface area contributed by atoms with Gasteiger partial charge >= 0.3 is 0 Å². The number of anilines is 2. The zero-order chi connectivity index (χ0) is 27.5. The van der Waals surface area contributed by atoms with E-state index >= 15 is 4.39 Å². The molecule has 2 aromatic heterocycles. The summed E-state index contributed by atoms with van der Waals surface area (Å²) in [5, 5.41) is 2.93. The second-order valence-electron chi connectivity index (χ2n) is 9.74. The van der Waals surface area contributed by atoms with E-state index in [1.54, 1.807) is 12.4 Å². The number of carbonyl (C=O) groups excluding carboxylic acids is 1. The molecule has 0 unspecified atom stereocenters. The summed E-state index contributed by atoms with van der Waals surface area (Å²) < 4.78 is 22.5. The number of nitrogens with zero attached hydrogens (tertiary/aromatic N) is 2. The maximum absolute atomic E-state index is 15.1. The van der Waals surface area contributed by atoms with E-state index in [4.69, 9.17) is 22.1 Å². The van der Waals surface area contributed by atoms with Crippen molar-refractivity contribution in [1.29, 1.82) is 0 Å². The largest absolute Gasteiger partial charge is 0.383 e. The van der Waals surface area contributed by atoms with Crippen LogP contribution in [0.4, 0.5) is 15.9 Å². The summed E-state index contributed by atoms with van der Waals surface area (Å²) in [4.78, 5) is 30.9. The van der Waals surface area contributed by atoms with Crippen LogP contribution in [0.5, 0.6) is 0 Å². The number of benzene rings is 2. The Hall–Kier alpha value is -4.01. The number of aryl methyl sites for hydroxylation is 1. The zero-order valence-corrected chi connectivity index (χ0v) is 22.2. The summed E-state index contributed by atoms with van der Waals surface area (Å²) in [6, 6.07) is 13.3. The summed E-state index contributed by atoms with van der Waals surface area (Å²) in [5.41, 5.74) is 8.33. The van der Waals surface area contributed by atoms with E-state index in [-0.39, 0.29) is 33.2 Å². The lowest BCUT2D eigenvalue weighted by atomic mass is 9.99. The Morgan fingerprint density at radius 3 is 2.56 bits per heavy atom. The van der Waals surface area contributed by atoms with E-state index in [1.165, 1.54) is 30.5 Å². The van der Waals surface area contributed by atoms with Gasteiger partial charge in [-0.05, 0) is 55.5 Å². The average molecular weight is 547 g/mol. The zero-order valence-electron chi connectivity index (χ0n) is 21.4. The summed E-state index contributed by atoms with van der Waals surface area (Å²) in [6.45, 7) is 4.01. The number of amides is 1. The molecule has 1 saturated heterocycles. The number of rotatable bonds is 6. The Morgan fingerprint density at radius 2 is 1.87 bits per heavy atom. The van der Waals surface area contributed by atoms with Crippen molar-refractivity contribution < 1.29 is 13.9 Å². The molecular weight excluding hydrogens is 519 g/mol. The number of pyridine rings is 2. The van der Waals surface area contributed by atoms with Gasteiger partial charge in [-0.3, -0.25) is 9.59 Å². The molecule has 9 heteroatoms. The first-order chi connectivity index (χ1) is 18.8. The number of hydrogen-bond donors (Lipinski definition) is 2. The van der Waals surface area contributed by atoms with Crippen molar-refractivity contribution in [2.24, 2.45) is 5.92 Å². The molecule has 5 rings (SSSR count). The molecule has 1 aliphatic heterocycles. The van der Waals surface area contributed by atoms with E-state index in [1.807, 2.05) is 35.8 Å². The number of nitrogens with two attached hydrogens (primary N) is 1. The van der Waals surface area contributed by atoms with Gasteiger partial charge in [-0.25, -0.2) is 9.37 Å². The normalized spacial score (nSPS) is 13.8. The molecule has 0 saturated carbocycles. The van der Waals surface area contributed by atoms with Crippen molar-refractivity contribution >= 4 is 29.0 Å². The first-order valence-electron chi connectivity index (χ1n) is 12.7. The SMILES string of the molecule is Cc1ccc(-c2cn(CC3CCOCC3)cc(C(=O)Nc3ccc(-c4c(Cl)ccnc4N)c(F)c3)c2=O)cc1. The van der Waals surface area contributed by atoms with Crippen molar-refractivity contribution in [2.75, 3.05) is 24.3 Å². The molecule has 200 valence electrons. The summed E-state index contributed by atoms with van der Waals surface area (Å²) in [6.07, 6.45) is 6.63. The minimum atomic E-state index is -0.639. The predicted molar refractivity (Wildman–Crippen MR) is 151 cm³/mol. The lowest BCUT2D eigenvalue weighted by Crippen LogP contribution is -2.26. The molecule has 0 spiro atoms. The summed E-state index contributed by atoms with van der Waals surface area (Å²) in [5.74, 6) is -0.798. The predicted octanol–water partition coefficient (Wildman–Crippen LogP) is 5.94. The van der Waals surface area contributed by atoms with Crippen LogP contribution in [0.15, 0.2) is 71.9 Å². The molecule has 3 heterocycles. The van der Waals surface area contributed by atoms with Crippen LogP contribution < -0.4 is 16.5 Å². The van der Waals surface area contributed by atoms with Gasteiger partial charge in [-0.15, -0.1) is 0 Å². The smallest absolute Gasteiger partial charge is 0.261 e. The molecule has 0 radical (unpaired) electrons. The number of hydrogen-bond acceptors (Lipinski definition) is 5. The molecule has 0 aliphatic carbocycles. The van der Waals surface area contributed by atoms with Gasteiger partial charge < -0.3 is 20.4 Å². The number of ether oxygens (including phenoxy) is 1. The maximum atomic E-state index is 15.1. The molecule has 3 N–H and O–H groups in total. The van der Waals surface area contributed by atoms with Crippen molar-refractivity contribution in [3.8, 4) is 22.3 Å². The van der Waals surface area contributed by atoms with Gasteiger partial charge in [0.15, 0.2) is 0 Å². The molecule has 7 nitrogen and oxygen atoms in total. The van der Waals surface area contributed by atoms with Crippen LogP contribution in [0.2, 0.25) is 5.02 Å². The first kappa shape index (κ1) is 26.6. The highest BCUT2D eigenvalue weighted by Crippen LogP contribution is 2.34. The van der Waals surface area contributed by atoms with Crippen LogP contribution in [0, 0.1) is 18.7 Å². The molecule has 0 atom stereocenters. The van der Waals surface area contributed by atoms with Gasteiger partial charge in [0, 0.05) is 60.7 Å². The van der Waals surface area contributed by atoms with Crippen molar-refractivity contribution in [3.63, 3.8) is 0 Å². The first-order valence-corrected chi connectivity index (χ1v) is 13.1. The highest BCUT2D eigenvalue weighted by atomic mass is 35.5. The third-order valence-corrected chi connectivity index (χ3v) is 7.24. The van der Waals surface area contributed by atoms with Gasteiger partial charge in [0.05, 0.1) is 5.02 Å². The Balaban J connectivity index is 1.48. The Labute approximate surface area is 230 Å². The molecule has 0 bridgehead atoms. The van der Waals surface area contributed by atoms with Crippen LogP contribution in [0.3, 0.4) is 0 Å². The van der Waals surface area contributed by atoms with Gasteiger partial charge in [0.1, 0.15) is 17.2 Å². The number of halogens is 2. The Kier molecular flexibility index (Phi) is 7.77. The van der Waals surface area contributed by atoms with Crippen LogP contribution >= 0.6 is 11.6 Å². The quantitative estimate of drug-likeness (QED) is 0.312. The van der Waals surface area contributed by atoms with Crippen molar-refractivity contribution in [1.82, 2.24) is 9.55 Å². The minimum Gasteiger partial charge on any atom is -0.383 e. The molecule has 39 heavy (non-hydrogen) atoms. The molecule has 2 aromatic carbocycles. The Morgan fingerprint density at radius 1 is 1.13 bits per heavy atom. The van der Waals surface area contributed by atoms with E-state index in [2.05, 4.69) is 10.3 Å². The lowest BCUT2D eigenvalue weighted by molar-refractivity contribution is 0.0612. The van der Waals surface area contributed by atoms with Gasteiger partial charge in [0.2, 0.25) is 5.43 Å². The van der Waals surface area contributed by atoms with E-state index in [0.717, 1.165) is 24.0 Å². The fourth-order valence-corrected chi connectivity index (χ4v) is 5.03. The van der Waals surface area contributed by atoms with Crippen LogP contribution in [-0.2, 0) is 11.3 Å². The maximum Gasteiger partial charge on any atom is 0.261 e. The number of nitrogen functional groups attached to an aromatic ring is 1. The molecule has 1 aliphatic rings. The summed E-state index contributed by atoms with van der Waals surface area (Å²) >= 11 is 6.22. The van der Waals surface area contributed by atoms with Gasteiger partial charge in [0.25, 0.3) is 5.91 Å². The molecule has 4 aromatic rings. The van der Waals surface area contributed by atoms with E-state index < -0.39 is 17.2 Å². The molecule has 1 amide bonds. The third kappa shape index (κ3) is 5.87. The minimum absolute atomic E-state index is 0.0239. The highest BCUT2D eigenvalue weighted by Gasteiger charge is 2.20. The van der Waals surface area contributed by atoms with Crippen LogP contribution in [0.25, 0.3) is 22.3 Å². The lowest BCUT2D eigenvalue weighted by Gasteiger charge is -2.23. The fraction of sp³-hybridized carbons (Fsp3) is 0.233.